The van der Waals surface area contributed by atoms with Crippen LogP contribution in [0.15, 0.2) is 18.2 Å². The molecule has 0 fully saturated rings. The van der Waals surface area contributed by atoms with Crippen LogP contribution in [0.25, 0.3) is 0 Å². The molecular weight excluding hydrogens is 352 g/mol. The third-order valence-corrected chi connectivity index (χ3v) is 4.37. The van der Waals surface area contributed by atoms with Gasteiger partial charge in [0.25, 0.3) is 5.91 Å². The van der Waals surface area contributed by atoms with Gasteiger partial charge in [-0.1, -0.05) is 0 Å². The quantitative estimate of drug-likeness (QED) is 0.550. The normalized spacial score (nSPS) is 10.8. The molecule has 1 rings (SSSR count). The van der Waals surface area contributed by atoms with Crippen LogP contribution in [0.4, 0.5) is 0 Å². The van der Waals surface area contributed by atoms with Gasteiger partial charge in [-0.05, 0) is 25.1 Å². The second kappa shape index (κ2) is 9.84. The monoisotopic (exact) mass is 374 g/mol. The second-order valence-electron chi connectivity index (χ2n) is 4.77. The topological polar surface area (TPSA) is 120 Å². The fourth-order valence-corrected chi connectivity index (χ4v) is 2.68. The van der Waals surface area contributed by atoms with E-state index >= 15 is 0 Å². The molecule has 0 saturated carbocycles. The van der Waals surface area contributed by atoms with Gasteiger partial charge in [-0.2, -0.15) is 0 Å². The van der Waals surface area contributed by atoms with E-state index in [1.54, 1.807) is 13.0 Å². The summed E-state index contributed by atoms with van der Waals surface area (Å²) < 4.78 is 40.4. The van der Waals surface area contributed by atoms with Gasteiger partial charge in [0.2, 0.25) is 10.0 Å². The molecule has 9 nitrogen and oxygen atoms in total. The lowest BCUT2D eigenvalue weighted by atomic mass is 10.2. The highest BCUT2D eigenvalue weighted by Crippen LogP contribution is 2.27. The second-order valence-corrected chi connectivity index (χ2v) is 6.70. The molecule has 0 saturated heterocycles. The number of ether oxygens (including phenoxy) is 3. The van der Waals surface area contributed by atoms with E-state index in [0.29, 0.717) is 17.1 Å². The Morgan fingerprint density at radius 2 is 1.80 bits per heavy atom. The highest BCUT2D eigenvalue weighted by molar-refractivity contribution is 7.89. The summed E-state index contributed by atoms with van der Waals surface area (Å²) in [6.45, 7) is 1.23. The maximum Gasteiger partial charge on any atom is 0.320 e. The fraction of sp³-hybridized carbons (Fsp3) is 0.467. The van der Waals surface area contributed by atoms with E-state index in [0.717, 1.165) is 0 Å². The number of benzene rings is 1. The van der Waals surface area contributed by atoms with Crippen LogP contribution in [-0.4, -0.2) is 60.0 Å². The summed E-state index contributed by atoms with van der Waals surface area (Å²) in [5.74, 6) is -0.628. The van der Waals surface area contributed by atoms with Gasteiger partial charge in [-0.15, -0.1) is 0 Å². The van der Waals surface area contributed by atoms with E-state index in [-0.39, 0.29) is 18.9 Å². The first kappa shape index (κ1) is 20.7. The molecule has 140 valence electrons. The van der Waals surface area contributed by atoms with Crippen molar-refractivity contribution < 1.29 is 32.2 Å². The first-order valence-corrected chi connectivity index (χ1v) is 9.11. The van der Waals surface area contributed by atoms with Crippen molar-refractivity contribution in [3.8, 4) is 11.5 Å². The number of rotatable bonds is 10. The Kier molecular flexibility index (Phi) is 8.16. The van der Waals surface area contributed by atoms with Gasteiger partial charge < -0.3 is 19.5 Å². The zero-order chi connectivity index (χ0) is 18.9. The average molecular weight is 374 g/mol. The summed E-state index contributed by atoms with van der Waals surface area (Å²) in [4.78, 5) is 23.2. The summed E-state index contributed by atoms with van der Waals surface area (Å²) in [5, 5.41) is 2.49. The van der Waals surface area contributed by atoms with Crippen LogP contribution in [0.3, 0.4) is 0 Å². The van der Waals surface area contributed by atoms with Crippen molar-refractivity contribution in [1.82, 2.24) is 10.0 Å². The first-order chi connectivity index (χ1) is 11.8. The van der Waals surface area contributed by atoms with Crippen LogP contribution in [0.5, 0.6) is 11.5 Å². The maximum absolute atomic E-state index is 12.1. The minimum Gasteiger partial charge on any atom is -0.493 e. The van der Waals surface area contributed by atoms with Gasteiger partial charge in [0.05, 0.1) is 26.6 Å². The molecule has 1 amide bonds. The standard InChI is InChI=1S/C15H22N2O7S/c1-4-24-14(18)10-17-25(20,21)8-7-16-15(19)11-5-6-12(22-2)13(9-11)23-3/h5-6,9,17H,4,7-8,10H2,1-3H3,(H,16,19). The molecule has 0 atom stereocenters. The van der Waals surface area contributed by atoms with Crippen molar-refractivity contribution in [2.24, 2.45) is 0 Å². The average Bonchev–Trinajstić information content (AvgIpc) is 2.59. The number of hydrogen-bond donors (Lipinski definition) is 2. The third kappa shape index (κ3) is 6.98. The largest absolute Gasteiger partial charge is 0.493 e. The molecule has 0 bridgehead atoms. The lowest BCUT2D eigenvalue weighted by molar-refractivity contribution is -0.141. The summed E-state index contributed by atoms with van der Waals surface area (Å²) >= 11 is 0. The summed E-state index contributed by atoms with van der Waals surface area (Å²) in [5.41, 5.74) is 0.300. The highest BCUT2D eigenvalue weighted by atomic mass is 32.2. The van der Waals surface area contributed by atoms with Crippen molar-refractivity contribution in [3.05, 3.63) is 23.8 Å². The number of carbonyl (C=O) groups is 2. The van der Waals surface area contributed by atoms with Crippen LogP contribution >= 0.6 is 0 Å². The van der Waals surface area contributed by atoms with Crippen LogP contribution in [0.2, 0.25) is 0 Å². The number of nitrogens with one attached hydrogen (secondary N) is 2. The predicted molar refractivity (Wildman–Crippen MR) is 90.3 cm³/mol. The number of methoxy groups -OCH3 is 2. The van der Waals surface area contributed by atoms with Crippen molar-refractivity contribution in [2.75, 3.05) is 39.7 Å². The molecule has 1 aromatic carbocycles. The van der Waals surface area contributed by atoms with E-state index in [2.05, 4.69) is 14.8 Å². The molecule has 0 aliphatic carbocycles. The molecule has 0 aliphatic heterocycles. The lowest BCUT2D eigenvalue weighted by Gasteiger charge is -2.10. The van der Waals surface area contributed by atoms with E-state index in [1.807, 2.05) is 0 Å². The Balaban J connectivity index is 2.52. The number of amides is 1. The molecule has 1 aromatic rings. The Labute approximate surface area is 146 Å². The van der Waals surface area contributed by atoms with E-state index in [4.69, 9.17) is 9.47 Å². The first-order valence-electron chi connectivity index (χ1n) is 7.46. The Bertz CT molecular complexity index is 704. The van der Waals surface area contributed by atoms with Gasteiger partial charge in [-0.3, -0.25) is 9.59 Å². The molecular formula is C15H22N2O7S. The van der Waals surface area contributed by atoms with Gasteiger partial charge >= 0.3 is 5.97 Å². The van der Waals surface area contributed by atoms with Crippen molar-refractivity contribution in [1.29, 1.82) is 0 Å². The van der Waals surface area contributed by atoms with E-state index in [9.17, 15) is 18.0 Å². The van der Waals surface area contributed by atoms with Crippen LogP contribution in [0, 0.1) is 0 Å². The fourth-order valence-electron chi connectivity index (χ4n) is 1.83. The number of carbonyl (C=O) groups excluding carboxylic acids is 2. The van der Waals surface area contributed by atoms with E-state index < -0.39 is 28.4 Å². The zero-order valence-electron chi connectivity index (χ0n) is 14.3. The molecule has 0 aliphatic rings. The molecule has 0 heterocycles. The number of sulfonamides is 1. The van der Waals surface area contributed by atoms with Crippen LogP contribution in [-0.2, 0) is 19.6 Å². The zero-order valence-corrected chi connectivity index (χ0v) is 15.1. The Hall–Kier alpha value is -2.33. The predicted octanol–water partition coefficient (Wildman–Crippen LogP) is -0.0839. The Morgan fingerprint density at radius 3 is 2.40 bits per heavy atom. The van der Waals surface area contributed by atoms with Crippen molar-refractivity contribution >= 4 is 21.9 Å². The molecule has 0 unspecified atom stereocenters. The van der Waals surface area contributed by atoms with E-state index in [1.165, 1.54) is 26.4 Å². The third-order valence-electron chi connectivity index (χ3n) is 3.04. The lowest BCUT2D eigenvalue weighted by Crippen LogP contribution is -2.37. The minimum atomic E-state index is -3.71. The number of esters is 1. The minimum absolute atomic E-state index is 0.120. The van der Waals surface area contributed by atoms with Crippen LogP contribution < -0.4 is 19.5 Å². The molecule has 0 radical (unpaired) electrons. The van der Waals surface area contributed by atoms with Gasteiger partial charge in [-0.25, -0.2) is 13.1 Å². The smallest absolute Gasteiger partial charge is 0.320 e. The van der Waals surface area contributed by atoms with Crippen molar-refractivity contribution in [3.63, 3.8) is 0 Å². The van der Waals surface area contributed by atoms with Gasteiger partial charge in [0.1, 0.15) is 6.54 Å². The maximum atomic E-state index is 12.1. The molecule has 0 spiro atoms. The Morgan fingerprint density at radius 1 is 1.12 bits per heavy atom. The molecule has 10 heteroatoms. The summed E-state index contributed by atoms with van der Waals surface area (Å²) in [7, 11) is -0.783. The molecule has 2 N–H and O–H groups in total. The summed E-state index contributed by atoms with van der Waals surface area (Å²) in [6, 6.07) is 4.59. The van der Waals surface area contributed by atoms with Crippen molar-refractivity contribution in [2.45, 2.75) is 6.92 Å². The van der Waals surface area contributed by atoms with Crippen LogP contribution in [0.1, 0.15) is 17.3 Å². The summed E-state index contributed by atoms with van der Waals surface area (Å²) in [6.07, 6.45) is 0. The molecule has 25 heavy (non-hydrogen) atoms. The van der Waals surface area contributed by atoms with Gasteiger partial charge in [0.15, 0.2) is 11.5 Å². The van der Waals surface area contributed by atoms with Gasteiger partial charge in [0, 0.05) is 12.1 Å². The SMILES string of the molecule is CCOC(=O)CNS(=O)(=O)CCNC(=O)c1ccc(OC)c(OC)c1. The highest BCUT2D eigenvalue weighted by Gasteiger charge is 2.15. The molecule has 0 aromatic heterocycles. The number of hydrogen-bond acceptors (Lipinski definition) is 7.